The number of aromatic amines is 1. The van der Waals surface area contributed by atoms with Crippen molar-refractivity contribution in [2.75, 3.05) is 0 Å². The topological polar surface area (TPSA) is 93.8 Å². The molecule has 0 radical (unpaired) electrons. The molecule has 0 aliphatic heterocycles. The van der Waals surface area contributed by atoms with Crippen molar-refractivity contribution >= 4 is 5.91 Å². The lowest BCUT2D eigenvalue weighted by Crippen LogP contribution is -2.19. The van der Waals surface area contributed by atoms with Crippen LogP contribution in [0.4, 0.5) is 0 Å². The van der Waals surface area contributed by atoms with Gasteiger partial charge in [0.15, 0.2) is 0 Å². The molecule has 0 saturated carbocycles. The van der Waals surface area contributed by atoms with Crippen molar-refractivity contribution in [3.05, 3.63) is 52.2 Å². The van der Waals surface area contributed by atoms with Crippen molar-refractivity contribution in [3.8, 4) is 0 Å². The number of hydrogen-bond donors (Lipinski definition) is 2. The number of nitrogens with one attached hydrogen (secondary N) is 1. The van der Waals surface area contributed by atoms with E-state index in [1.807, 2.05) is 12.1 Å². The van der Waals surface area contributed by atoms with E-state index in [9.17, 15) is 9.59 Å². The Morgan fingerprint density at radius 2 is 2.33 bits per heavy atom. The molecule has 94 valence electrons. The summed E-state index contributed by atoms with van der Waals surface area (Å²) in [5.41, 5.74) is 6.63. The van der Waals surface area contributed by atoms with E-state index in [2.05, 4.69) is 10.1 Å². The van der Waals surface area contributed by atoms with Crippen molar-refractivity contribution in [2.45, 2.75) is 19.4 Å². The summed E-state index contributed by atoms with van der Waals surface area (Å²) in [5.74, 6) is -0.179. The molecular formula is C12H14N4O2. The first kappa shape index (κ1) is 12.3. The third-order valence-corrected chi connectivity index (χ3v) is 2.62. The lowest BCUT2D eigenvalue weighted by molar-refractivity contribution is 0.0883. The minimum Gasteiger partial charge on any atom is -0.325 e. The number of carbonyl (C=O) groups excluding carboxylic acids is 1. The van der Waals surface area contributed by atoms with E-state index >= 15 is 0 Å². The van der Waals surface area contributed by atoms with Gasteiger partial charge in [-0.25, -0.2) is 4.68 Å². The highest BCUT2D eigenvalue weighted by Crippen LogP contribution is 2.03. The summed E-state index contributed by atoms with van der Waals surface area (Å²) < 4.78 is 1.22. The van der Waals surface area contributed by atoms with Crippen LogP contribution in [0.5, 0.6) is 0 Å². The van der Waals surface area contributed by atoms with Crippen LogP contribution in [0.2, 0.25) is 0 Å². The molecule has 3 N–H and O–H groups in total. The van der Waals surface area contributed by atoms with E-state index in [-0.39, 0.29) is 18.0 Å². The maximum atomic E-state index is 11.9. The van der Waals surface area contributed by atoms with Crippen LogP contribution in [0, 0.1) is 0 Å². The van der Waals surface area contributed by atoms with Crippen LogP contribution >= 0.6 is 0 Å². The molecular weight excluding hydrogens is 232 g/mol. The zero-order valence-corrected chi connectivity index (χ0v) is 9.80. The van der Waals surface area contributed by atoms with Crippen molar-refractivity contribution in [1.29, 1.82) is 0 Å². The SMILES string of the molecule is NCc1cc(=O)[nH]n1C(=O)CCc1cccnc1. The first-order valence-corrected chi connectivity index (χ1v) is 5.64. The molecule has 18 heavy (non-hydrogen) atoms. The molecule has 2 rings (SSSR count). The number of aryl methyl sites for hydroxylation is 1. The van der Waals surface area contributed by atoms with Gasteiger partial charge in [0, 0.05) is 31.4 Å². The number of carbonyl (C=O) groups is 1. The average molecular weight is 246 g/mol. The second-order valence-electron chi connectivity index (χ2n) is 3.91. The van der Waals surface area contributed by atoms with Gasteiger partial charge in [-0.15, -0.1) is 0 Å². The van der Waals surface area contributed by atoms with Crippen LogP contribution in [0.25, 0.3) is 0 Å². The van der Waals surface area contributed by atoms with Crippen molar-refractivity contribution in [1.82, 2.24) is 14.8 Å². The van der Waals surface area contributed by atoms with Crippen LogP contribution in [0.1, 0.15) is 22.5 Å². The molecule has 0 spiro atoms. The number of rotatable bonds is 4. The second kappa shape index (κ2) is 5.42. The van der Waals surface area contributed by atoms with E-state index in [1.54, 1.807) is 12.4 Å². The fraction of sp³-hybridized carbons (Fsp3) is 0.250. The van der Waals surface area contributed by atoms with Gasteiger partial charge < -0.3 is 5.73 Å². The normalized spacial score (nSPS) is 10.5. The fourth-order valence-electron chi connectivity index (χ4n) is 1.71. The summed E-state index contributed by atoms with van der Waals surface area (Å²) in [4.78, 5) is 27.1. The predicted molar refractivity (Wildman–Crippen MR) is 66.1 cm³/mol. The number of nitrogens with two attached hydrogens (primary N) is 1. The van der Waals surface area contributed by atoms with E-state index < -0.39 is 0 Å². The number of nitrogens with zero attached hydrogens (tertiary/aromatic N) is 2. The maximum Gasteiger partial charge on any atom is 0.264 e. The summed E-state index contributed by atoms with van der Waals surface area (Å²) in [6.07, 6.45) is 4.27. The molecule has 0 amide bonds. The summed E-state index contributed by atoms with van der Waals surface area (Å²) in [5, 5.41) is 2.45. The van der Waals surface area contributed by atoms with Crippen LogP contribution in [0.3, 0.4) is 0 Å². The van der Waals surface area contributed by atoms with Gasteiger partial charge >= 0.3 is 0 Å². The number of aromatic nitrogens is 3. The molecule has 0 saturated heterocycles. The molecule has 0 aromatic carbocycles. The number of pyridine rings is 1. The molecule has 6 nitrogen and oxygen atoms in total. The quantitative estimate of drug-likeness (QED) is 0.811. The number of hydrogen-bond acceptors (Lipinski definition) is 4. The van der Waals surface area contributed by atoms with Gasteiger partial charge in [-0.05, 0) is 18.1 Å². The van der Waals surface area contributed by atoms with Crippen molar-refractivity contribution in [2.24, 2.45) is 5.73 Å². The molecule has 2 aromatic heterocycles. The summed E-state index contributed by atoms with van der Waals surface area (Å²) >= 11 is 0. The van der Waals surface area contributed by atoms with Gasteiger partial charge in [0.05, 0.1) is 5.69 Å². The summed E-state index contributed by atoms with van der Waals surface area (Å²) in [7, 11) is 0. The molecule has 6 heteroatoms. The summed E-state index contributed by atoms with van der Waals surface area (Å²) in [6, 6.07) is 5.06. The smallest absolute Gasteiger partial charge is 0.264 e. The molecule has 0 atom stereocenters. The standard InChI is InChI=1S/C12H14N4O2/c13-7-10-6-11(17)15-16(10)12(18)4-3-9-2-1-5-14-8-9/h1-2,5-6,8H,3-4,7,13H2,(H,15,17). The van der Waals surface area contributed by atoms with Gasteiger partial charge in [0.25, 0.3) is 5.56 Å². The molecule has 0 fully saturated rings. The minimum atomic E-state index is -0.315. The van der Waals surface area contributed by atoms with E-state index in [1.165, 1.54) is 10.7 Å². The fourth-order valence-corrected chi connectivity index (χ4v) is 1.71. The summed E-state index contributed by atoms with van der Waals surface area (Å²) in [6.45, 7) is 0.150. The first-order chi connectivity index (χ1) is 8.70. The lowest BCUT2D eigenvalue weighted by Gasteiger charge is -2.05. The van der Waals surface area contributed by atoms with Crippen molar-refractivity contribution < 1.29 is 4.79 Å². The molecule has 0 bridgehead atoms. The highest BCUT2D eigenvalue weighted by molar-refractivity contribution is 5.78. The Kier molecular flexibility index (Phi) is 3.69. The number of H-pyrrole nitrogens is 1. The van der Waals surface area contributed by atoms with Gasteiger partial charge in [-0.1, -0.05) is 6.07 Å². The van der Waals surface area contributed by atoms with Crippen LogP contribution in [0.15, 0.2) is 35.4 Å². The Labute approximate surface area is 103 Å². The Balaban J connectivity index is 2.06. The van der Waals surface area contributed by atoms with E-state index in [0.29, 0.717) is 18.5 Å². The average Bonchev–Trinajstić information content (AvgIpc) is 2.78. The van der Waals surface area contributed by atoms with E-state index in [0.717, 1.165) is 5.56 Å². The molecule has 0 aliphatic carbocycles. The minimum absolute atomic E-state index is 0.150. The van der Waals surface area contributed by atoms with Crippen molar-refractivity contribution in [3.63, 3.8) is 0 Å². The van der Waals surface area contributed by atoms with Gasteiger partial charge in [-0.2, -0.15) is 0 Å². The van der Waals surface area contributed by atoms with Crippen LogP contribution < -0.4 is 11.3 Å². The largest absolute Gasteiger partial charge is 0.325 e. The third kappa shape index (κ3) is 2.72. The molecule has 0 unspecified atom stereocenters. The molecule has 2 aromatic rings. The molecule has 2 heterocycles. The van der Waals surface area contributed by atoms with E-state index in [4.69, 9.17) is 5.73 Å². The zero-order valence-electron chi connectivity index (χ0n) is 9.80. The van der Waals surface area contributed by atoms with Gasteiger partial charge in [0.2, 0.25) is 5.91 Å². The second-order valence-corrected chi connectivity index (χ2v) is 3.91. The third-order valence-electron chi connectivity index (χ3n) is 2.62. The van der Waals surface area contributed by atoms with Gasteiger partial charge in [-0.3, -0.25) is 19.7 Å². The Bertz CT molecular complexity index is 586. The highest BCUT2D eigenvalue weighted by atomic mass is 16.2. The zero-order chi connectivity index (χ0) is 13.0. The molecule has 0 aliphatic rings. The van der Waals surface area contributed by atoms with Gasteiger partial charge in [0.1, 0.15) is 0 Å². The Morgan fingerprint density at radius 1 is 1.50 bits per heavy atom. The maximum absolute atomic E-state index is 11.9. The van der Waals surface area contributed by atoms with Crippen LogP contribution in [-0.2, 0) is 13.0 Å². The monoisotopic (exact) mass is 246 g/mol. The van der Waals surface area contributed by atoms with Crippen LogP contribution in [-0.4, -0.2) is 20.7 Å². The predicted octanol–water partition coefficient (Wildman–Crippen LogP) is 0.303. The Hall–Kier alpha value is -2.21. The first-order valence-electron chi connectivity index (χ1n) is 5.64. The highest BCUT2D eigenvalue weighted by Gasteiger charge is 2.10. The Morgan fingerprint density at radius 3 is 3.00 bits per heavy atom. The lowest BCUT2D eigenvalue weighted by atomic mass is 10.1.